The number of fused-ring (bicyclic) bond motifs is 1. The molecule has 1 aliphatic carbocycles. The quantitative estimate of drug-likeness (QED) is 0.304. The Balaban J connectivity index is 0.00000261. The molecular formula is C16H20BrN5O5. The first-order valence-electron chi connectivity index (χ1n) is 8.33. The van der Waals surface area contributed by atoms with Gasteiger partial charge in [0.05, 0.1) is 21.9 Å². The number of nitro benzene ring substituents is 1. The summed E-state index contributed by atoms with van der Waals surface area (Å²) < 4.78 is 0. The highest BCUT2D eigenvalue weighted by atomic mass is 79.9. The van der Waals surface area contributed by atoms with Gasteiger partial charge in [0.15, 0.2) is 0 Å². The average Bonchev–Trinajstić information content (AvgIpc) is 2.60. The van der Waals surface area contributed by atoms with E-state index < -0.39 is 16.0 Å². The van der Waals surface area contributed by atoms with Crippen molar-refractivity contribution in [2.45, 2.75) is 38.3 Å². The summed E-state index contributed by atoms with van der Waals surface area (Å²) in [7, 11) is 0. The highest BCUT2D eigenvalue weighted by molar-refractivity contribution is 8.93. The Morgan fingerprint density at radius 2 is 1.89 bits per heavy atom. The summed E-state index contributed by atoms with van der Waals surface area (Å²) in [5.74, 6) is -0.670. The Morgan fingerprint density at radius 3 is 2.56 bits per heavy atom. The molecule has 1 aliphatic rings. The Morgan fingerprint density at radius 1 is 1.22 bits per heavy atom. The molecule has 1 fully saturated rings. The van der Waals surface area contributed by atoms with E-state index >= 15 is 0 Å². The van der Waals surface area contributed by atoms with E-state index in [0.29, 0.717) is 17.5 Å². The first-order chi connectivity index (χ1) is 12.4. The van der Waals surface area contributed by atoms with Crippen LogP contribution in [0.25, 0.3) is 11.0 Å². The molecule has 3 rings (SSSR count). The van der Waals surface area contributed by atoms with Crippen LogP contribution in [0.4, 0.5) is 5.69 Å². The molecule has 11 heteroatoms. The number of nitrogens with zero attached hydrogens (tertiary/aromatic N) is 1. The van der Waals surface area contributed by atoms with Gasteiger partial charge in [-0.05, 0) is 18.4 Å². The second-order valence-corrected chi connectivity index (χ2v) is 6.47. The molecule has 1 amide bonds. The van der Waals surface area contributed by atoms with Gasteiger partial charge in [-0.15, -0.1) is 17.0 Å². The first-order valence-corrected chi connectivity index (χ1v) is 8.33. The maximum Gasteiger partial charge on any atom is 0.314 e. The number of amides is 1. The summed E-state index contributed by atoms with van der Waals surface area (Å²) in [6.45, 7) is 0.189. The second kappa shape index (κ2) is 8.44. The summed E-state index contributed by atoms with van der Waals surface area (Å²) >= 11 is 0. The van der Waals surface area contributed by atoms with Crippen molar-refractivity contribution < 1.29 is 9.72 Å². The third kappa shape index (κ3) is 4.42. The largest absolute Gasteiger partial charge is 0.369 e. The van der Waals surface area contributed by atoms with E-state index in [1.54, 1.807) is 0 Å². The zero-order valence-corrected chi connectivity index (χ0v) is 16.0. The van der Waals surface area contributed by atoms with Gasteiger partial charge in [0.2, 0.25) is 5.91 Å². The number of halogens is 1. The third-order valence-electron chi connectivity index (χ3n) is 4.79. The van der Waals surface area contributed by atoms with Gasteiger partial charge in [-0.1, -0.05) is 12.8 Å². The van der Waals surface area contributed by atoms with E-state index in [0.717, 1.165) is 19.3 Å². The molecule has 27 heavy (non-hydrogen) atoms. The molecule has 2 atom stereocenters. The fourth-order valence-corrected chi connectivity index (χ4v) is 3.48. The van der Waals surface area contributed by atoms with Crippen molar-refractivity contribution in [3.63, 3.8) is 0 Å². The molecule has 1 saturated carbocycles. The van der Waals surface area contributed by atoms with E-state index in [-0.39, 0.29) is 52.6 Å². The van der Waals surface area contributed by atoms with Gasteiger partial charge in [0.1, 0.15) is 0 Å². The number of hydrogen-bond donors (Lipinski definition) is 4. The number of carbonyl (C=O) groups excluding carboxylic acids is 1. The van der Waals surface area contributed by atoms with Crippen LogP contribution >= 0.6 is 17.0 Å². The van der Waals surface area contributed by atoms with Gasteiger partial charge in [-0.25, -0.2) is 0 Å². The fraction of sp³-hybridized carbons (Fsp3) is 0.438. The number of nitro groups is 1. The Bertz CT molecular complexity index is 985. The number of rotatable bonds is 5. The second-order valence-electron chi connectivity index (χ2n) is 6.47. The highest BCUT2D eigenvalue weighted by Gasteiger charge is 2.29. The normalized spacial score (nSPS) is 19.4. The summed E-state index contributed by atoms with van der Waals surface area (Å²) in [5, 5.41) is 14.4. The molecule has 1 aromatic carbocycles. The molecule has 0 aliphatic heterocycles. The van der Waals surface area contributed by atoms with Crippen LogP contribution < -0.4 is 22.2 Å². The zero-order chi connectivity index (χ0) is 18.8. The zero-order valence-electron chi connectivity index (χ0n) is 14.3. The van der Waals surface area contributed by atoms with Gasteiger partial charge >= 0.3 is 11.1 Å². The molecule has 0 saturated heterocycles. The van der Waals surface area contributed by atoms with Crippen LogP contribution in [0.2, 0.25) is 0 Å². The van der Waals surface area contributed by atoms with E-state index in [2.05, 4.69) is 15.3 Å². The number of carbonyl (C=O) groups is 1. The summed E-state index contributed by atoms with van der Waals surface area (Å²) in [5.41, 5.74) is 4.50. The number of benzene rings is 1. The number of primary amides is 1. The number of aromatic nitrogens is 2. The third-order valence-corrected chi connectivity index (χ3v) is 4.79. The highest BCUT2D eigenvalue weighted by Crippen LogP contribution is 2.26. The minimum absolute atomic E-state index is 0. The number of nitrogens with two attached hydrogens (primary N) is 1. The monoisotopic (exact) mass is 441 g/mol. The van der Waals surface area contributed by atoms with Crippen molar-refractivity contribution in [3.05, 3.63) is 48.5 Å². The van der Waals surface area contributed by atoms with Gasteiger partial charge in [-0.2, -0.15) is 0 Å². The molecule has 1 heterocycles. The van der Waals surface area contributed by atoms with Gasteiger partial charge in [0, 0.05) is 24.7 Å². The van der Waals surface area contributed by atoms with E-state index in [1.807, 2.05) is 0 Å². The Kier molecular flexibility index (Phi) is 6.50. The van der Waals surface area contributed by atoms with Crippen molar-refractivity contribution >= 4 is 39.6 Å². The summed E-state index contributed by atoms with van der Waals surface area (Å²) in [4.78, 5) is 50.2. The minimum atomic E-state index is -0.877. The molecule has 0 unspecified atom stereocenters. The SMILES string of the molecule is Br.NC(=O)[C@@H]1CCCC[C@@H]1NCc1cc([N+](=O)[O-])cc2[nH]c(=O)c(=O)[nH]c12. The number of aromatic amines is 2. The van der Waals surface area contributed by atoms with E-state index in [1.165, 1.54) is 12.1 Å². The van der Waals surface area contributed by atoms with Crippen LogP contribution in [0, 0.1) is 16.0 Å². The van der Waals surface area contributed by atoms with Crippen molar-refractivity contribution in [1.29, 1.82) is 0 Å². The predicted molar refractivity (Wildman–Crippen MR) is 104 cm³/mol. The van der Waals surface area contributed by atoms with Gasteiger partial charge in [-0.3, -0.25) is 24.5 Å². The van der Waals surface area contributed by atoms with Crippen LogP contribution in [-0.4, -0.2) is 26.8 Å². The molecule has 0 spiro atoms. The lowest BCUT2D eigenvalue weighted by Gasteiger charge is -2.30. The van der Waals surface area contributed by atoms with Crippen LogP contribution in [0.15, 0.2) is 21.7 Å². The number of H-pyrrole nitrogens is 2. The maximum absolute atomic E-state index is 11.6. The lowest BCUT2D eigenvalue weighted by Crippen LogP contribution is -2.44. The topological polar surface area (TPSA) is 164 Å². The summed E-state index contributed by atoms with van der Waals surface area (Å²) in [6, 6.07) is 2.40. The molecule has 2 aromatic rings. The molecule has 0 bridgehead atoms. The molecular weight excluding hydrogens is 422 g/mol. The molecule has 0 radical (unpaired) electrons. The number of hydrogen-bond acceptors (Lipinski definition) is 6. The van der Waals surface area contributed by atoms with Crippen LogP contribution in [0.3, 0.4) is 0 Å². The smallest absolute Gasteiger partial charge is 0.314 e. The standard InChI is InChI=1S/C16H19N5O5.BrH/c17-14(22)10-3-1-2-4-11(10)18-7-8-5-9(21(25)26)6-12-13(8)20-16(24)15(23)19-12;/h5-6,10-11,18H,1-4,7H2,(H2,17,22)(H,19,23)(H,20,24);1H/t10-,11+;/m1./s1. The predicted octanol–water partition coefficient (Wildman–Crippen LogP) is 0.836. The van der Waals surface area contributed by atoms with Crippen molar-refractivity contribution in [1.82, 2.24) is 15.3 Å². The van der Waals surface area contributed by atoms with Crippen LogP contribution in [0.5, 0.6) is 0 Å². The van der Waals surface area contributed by atoms with Crippen molar-refractivity contribution in [3.8, 4) is 0 Å². The minimum Gasteiger partial charge on any atom is -0.369 e. The Labute approximate surface area is 163 Å². The molecule has 146 valence electrons. The molecule has 10 nitrogen and oxygen atoms in total. The Hall–Kier alpha value is -2.53. The number of non-ortho nitro benzene ring substituents is 1. The fourth-order valence-electron chi connectivity index (χ4n) is 3.48. The molecule has 5 N–H and O–H groups in total. The van der Waals surface area contributed by atoms with Gasteiger partial charge < -0.3 is 21.0 Å². The van der Waals surface area contributed by atoms with Gasteiger partial charge in [0.25, 0.3) is 5.69 Å². The molecule has 1 aromatic heterocycles. The van der Waals surface area contributed by atoms with E-state index in [9.17, 15) is 24.5 Å². The average molecular weight is 442 g/mol. The van der Waals surface area contributed by atoms with Crippen molar-refractivity contribution in [2.75, 3.05) is 0 Å². The maximum atomic E-state index is 11.6. The van der Waals surface area contributed by atoms with Crippen LogP contribution in [0.1, 0.15) is 31.2 Å². The number of nitrogens with one attached hydrogen (secondary N) is 3. The summed E-state index contributed by atoms with van der Waals surface area (Å²) in [6.07, 6.45) is 3.36. The van der Waals surface area contributed by atoms with E-state index in [4.69, 9.17) is 5.73 Å². The van der Waals surface area contributed by atoms with Crippen molar-refractivity contribution in [2.24, 2.45) is 11.7 Å². The first kappa shape index (κ1) is 20.8. The lowest BCUT2D eigenvalue weighted by atomic mass is 9.84. The van der Waals surface area contributed by atoms with Crippen LogP contribution in [-0.2, 0) is 11.3 Å². The lowest BCUT2D eigenvalue weighted by molar-refractivity contribution is -0.384.